The minimum Gasteiger partial charge on any atom is -0.397 e. The number of rotatable bonds is 3. The Morgan fingerprint density at radius 3 is 2.40 bits per heavy atom. The Balaban J connectivity index is 2.40. The van der Waals surface area contributed by atoms with Crippen molar-refractivity contribution in [3.05, 3.63) is 38.1 Å². The van der Waals surface area contributed by atoms with Crippen molar-refractivity contribution in [2.75, 3.05) is 10.5 Å². The molecule has 0 fully saturated rings. The standard InChI is InChI=1S/C12H12BrClN2O2S2/c1-6-3-9(15)10(4-7(6)2)16-20(17,18)11-5-8(14)12(13)19-11/h3-5,16H,15H2,1-2H3. The Morgan fingerprint density at radius 2 is 1.85 bits per heavy atom. The highest BCUT2D eigenvalue weighted by Gasteiger charge is 2.20. The molecule has 20 heavy (non-hydrogen) atoms. The third-order valence-electron chi connectivity index (χ3n) is 2.80. The number of nitrogens with two attached hydrogens (primary N) is 1. The van der Waals surface area contributed by atoms with E-state index in [2.05, 4.69) is 20.7 Å². The number of aryl methyl sites for hydroxylation is 2. The van der Waals surface area contributed by atoms with E-state index in [-0.39, 0.29) is 4.21 Å². The van der Waals surface area contributed by atoms with Gasteiger partial charge in [0.2, 0.25) is 0 Å². The molecule has 0 aliphatic rings. The van der Waals surface area contributed by atoms with E-state index in [1.54, 1.807) is 12.1 Å². The first-order valence-electron chi connectivity index (χ1n) is 5.55. The molecule has 1 heterocycles. The molecule has 0 atom stereocenters. The largest absolute Gasteiger partial charge is 0.397 e. The van der Waals surface area contributed by atoms with Crippen LogP contribution >= 0.6 is 38.9 Å². The molecule has 4 nitrogen and oxygen atoms in total. The van der Waals surface area contributed by atoms with Crippen molar-refractivity contribution < 1.29 is 8.42 Å². The lowest BCUT2D eigenvalue weighted by atomic mass is 10.1. The Hall–Kier alpha value is -0.760. The van der Waals surface area contributed by atoms with Gasteiger partial charge in [-0.1, -0.05) is 11.6 Å². The summed E-state index contributed by atoms with van der Waals surface area (Å²) < 4.78 is 27.8. The lowest BCUT2D eigenvalue weighted by Gasteiger charge is -2.11. The molecule has 0 radical (unpaired) electrons. The van der Waals surface area contributed by atoms with Crippen molar-refractivity contribution in [1.29, 1.82) is 0 Å². The second-order valence-electron chi connectivity index (χ2n) is 4.32. The summed E-state index contributed by atoms with van der Waals surface area (Å²) in [5.41, 5.74) is 8.58. The summed E-state index contributed by atoms with van der Waals surface area (Å²) in [6.45, 7) is 3.81. The average molecular weight is 396 g/mol. The van der Waals surface area contributed by atoms with Gasteiger partial charge in [-0.15, -0.1) is 11.3 Å². The number of nitrogen functional groups attached to an aromatic ring is 1. The zero-order valence-corrected chi connectivity index (χ0v) is 14.7. The van der Waals surface area contributed by atoms with Crippen LogP contribution in [0.5, 0.6) is 0 Å². The fraction of sp³-hybridized carbons (Fsp3) is 0.167. The second-order valence-corrected chi connectivity index (χ2v) is 9.00. The van der Waals surface area contributed by atoms with Crippen molar-refractivity contribution in [3.8, 4) is 0 Å². The van der Waals surface area contributed by atoms with Gasteiger partial charge < -0.3 is 5.73 Å². The normalized spacial score (nSPS) is 11.6. The molecule has 0 amide bonds. The molecule has 2 aromatic rings. The van der Waals surface area contributed by atoms with E-state index in [1.807, 2.05) is 13.8 Å². The number of hydrogen-bond acceptors (Lipinski definition) is 4. The van der Waals surface area contributed by atoms with Gasteiger partial charge >= 0.3 is 0 Å². The molecular weight excluding hydrogens is 384 g/mol. The molecule has 0 bridgehead atoms. The fourth-order valence-electron chi connectivity index (χ4n) is 1.58. The summed E-state index contributed by atoms with van der Waals surface area (Å²) in [6, 6.07) is 4.85. The SMILES string of the molecule is Cc1cc(N)c(NS(=O)(=O)c2cc(Cl)c(Br)s2)cc1C. The molecule has 3 N–H and O–H groups in total. The van der Waals surface area contributed by atoms with E-state index in [0.29, 0.717) is 20.2 Å². The maximum atomic E-state index is 12.3. The van der Waals surface area contributed by atoms with Gasteiger partial charge in [0.1, 0.15) is 4.21 Å². The van der Waals surface area contributed by atoms with Gasteiger partial charge in [-0.3, -0.25) is 4.72 Å². The molecule has 1 aromatic heterocycles. The topological polar surface area (TPSA) is 72.2 Å². The van der Waals surface area contributed by atoms with Crippen molar-refractivity contribution in [1.82, 2.24) is 0 Å². The van der Waals surface area contributed by atoms with Gasteiger partial charge in [0.25, 0.3) is 10.0 Å². The summed E-state index contributed by atoms with van der Waals surface area (Å²) >= 11 is 10.1. The number of hydrogen-bond donors (Lipinski definition) is 2. The molecule has 0 saturated carbocycles. The zero-order valence-electron chi connectivity index (χ0n) is 10.7. The molecule has 8 heteroatoms. The molecule has 2 rings (SSSR count). The highest BCUT2D eigenvalue weighted by atomic mass is 79.9. The van der Waals surface area contributed by atoms with Gasteiger partial charge in [-0.25, -0.2) is 8.42 Å². The van der Waals surface area contributed by atoms with Crippen LogP contribution in [0, 0.1) is 13.8 Å². The molecule has 1 aromatic carbocycles. The summed E-state index contributed by atoms with van der Waals surface area (Å²) in [4.78, 5) is 0. The zero-order chi connectivity index (χ0) is 15.1. The van der Waals surface area contributed by atoms with Crippen LogP contribution in [-0.4, -0.2) is 8.42 Å². The van der Waals surface area contributed by atoms with Crippen LogP contribution in [0.3, 0.4) is 0 Å². The van der Waals surface area contributed by atoms with Crippen molar-refractivity contribution in [2.45, 2.75) is 18.1 Å². The van der Waals surface area contributed by atoms with Gasteiger partial charge in [0.05, 0.1) is 20.2 Å². The van der Waals surface area contributed by atoms with Gasteiger partial charge in [-0.05, 0) is 59.1 Å². The first-order chi connectivity index (χ1) is 9.20. The molecule has 0 aliphatic heterocycles. The molecule has 0 spiro atoms. The molecule has 0 aliphatic carbocycles. The maximum Gasteiger partial charge on any atom is 0.271 e. The lowest BCUT2D eigenvalue weighted by Crippen LogP contribution is -2.13. The van der Waals surface area contributed by atoms with Crippen LogP contribution in [0.4, 0.5) is 11.4 Å². The number of halogens is 2. The van der Waals surface area contributed by atoms with E-state index in [0.717, 1.165) is 22.5 Å². The van der Waals surface area contributed by atoms with E-state index < -0.39 is 10.0 Å². The third kappa shape index (κ3) is 3.11. The smallest absolute Gasteiger partial charge is 0.271 e. The second kappa shape index (κ2) is 5.55. The quantitative estimate of drug-likeness (QED) is 0.766. The summed E-state index contributed by atoms with van der Waals surface area (Å²) in [6.07, 6.45) is 0. The highest BCUT2D eigenvalue weighted by molar-refractivity contribution is 9.11. The van der Waals surface area contributed by atoms with Gasteiger partial charge in [0, 0.05) is 0 Å². The van der Waals surface area contributed by atoms with E-state index in [4.69, 9.17) is 17.3 Å². The molecule has 108 valence electrons. The Morgan fingerprint density at radius 1 is 1.25 bits per heavy atom. The van der Waals surface area contributed by atoms with E-state index >= 15 is 0 Å². The van der Waals surface area contributed by atoms with Gasteiger partial charge in [-0.2, -0.15) is 0 Å². The van der Waals surface area contributed by atoms with Crippen LogP contribution in [0.25, 0.3) is 0 Å². The monoisotopic (exact) mass is 394 g/mol. The summed E-state index contributed by atoms with van der Waals surface area (Å²) in [7, 11) is -3.69. The van der Waals surface area contributed by atoms with Crippen LogP contribution in [0.15, 0.2) is 26.2 Å². The van der Waals surface area contributed by atoms with Crippen molar-refractivity contribution in [2.24, 2.45) is 0 Å². The lowest BCUT2D eigenvalue weighted by molar-refractivity contribution is 0.603. The first kappa shape index (κ1) is 15.6. The Labute approximate surface area is 135 Å². The number of anilines is 2. The average Bonchev–Trinajstić information content (AvgIpc) is 2.67. The van der Waals surface area contributed by atoms with Crippen molar-refractivity contribution in [3.63, 3.8) is 0 Å². The predicted octanol–water partition coefficient (Wildman–Crippen LogP) is 4.16. The number of benzene rings is 1. The molecule has 0 unspecified atom stereocenters. The fourth-order valence-corrected chi connectivity index (χ4v) is 5.06. The minimum absolute atomic E-state index is 0.131. The summed E-state index contributed by atoms with van der Waals surface area (Å²) in [5, 5.41) is 0.364. The molecule has 0 saturated heterocycles. The number of sulfonamides is 1. The van der Waals surface area contributed by atoms with E-state index in [1.165, 1.54) is 6.07 Å². The van der Waals surface area contributed by atoms with Crippen LogP contribution < -0.4 is 10.5 Å². The van der Waals surface area contributed by atoms with E-state index in [9.17, 15) is 8.42 Å². The highest BCUT2D eigenvalue weighted by Crippen LogP contribution is 2.36. The molecular formula is C12H12BrClN2O2S2. The van der Waals surface area contributed by atoms with Crippen molar-refractivity contribution >= 4 is 60.3 Å². The number of nitrogens with one attached hydrogen (secondary N) is 1. The third-order valence-corrected chi connectivity index (χ3v) is 7.11. The number of thiophene rings is 1. The first-order valence-corrected chi connectivity index (χ1v) is 9.02. The minimum atomic E-state index is -3.69. The van der Waals surface area contributed by atoms with Crippen LogP contribution in [0.1, 0.15) is 11.1 Å². The van der Waals surface area contributed by atoms with Crippen LogP contribution in [-0.2, 0) is 10.0 Å². The predicted molar refractivity (Wildman–Crippen MR) is 88.2 cm³/mol. The van der Waals surface area contributed by atoms with Crippen LogP contribution in [0.2, 0.25) is 5.02 Å². The maximum absolute atomic E-state index is 12.3. The van der Waals surface area contributed by atoms with Gasteiger partial charge in [0.15, 0.2) is 0 Å². The summed E-state index contributed by atoms with van der Waals surface area (Å²) in [5.74, 6) is 0. The Kier molecular flexibility index (Phi) is 4.34. The Bertz CT molecular complexity index is 753.